The summed E-state index contributed by atoms with van der Waals surface area (Å²) in [5.74, 6) is -1.35. The van der Waals surface area contributed by atoms with E-state index in [0.717, 1.165) is 0 Å². The summed E-state index contributed by atoms with van der Waals surface area (Å²) in [6, 6.07) is 8.68. The minimum absolute atomic E-state index is 0.0306. The monoisotopic (exact) mass is 310 g/mol. The molecular formula is C15H12ClFO4. The van der Waals surface area contributed by atoms with Crippen LogP contribution in [0.1, 0.15) is 15.9 Å². The number of ether oxygens (including phenoxy) is 2. The molecule has 0 aliphatic heterocycles. The molecular weight excluding hydrogens is 299 g/mol. The number of carbonyl (C=O) groups is 1. The van der Waals surface area contributed by atoms with E-state index < -0.39 is 11.8 Å². The Balaban J connectivity index is 2.16. The number of hydrogen-bond acceptors (Lipinski definition) is 3. The van der Waals surface area contributed by atoms with Crippen molar-refractivity contribution in [2.75, 3.05) is 7.11 Å². The van der Waals surface area contributed by atoms with Gasteiger partial charge in [0.05, 0.1) is 7.11 Å². The van der Waals surface area contributed by atoms with Crippen molar-refractivity contribution in [3.05, 3.63) is 58.4 Å². The third-order valence-corrected chi connectivity index (χ3v) is 3.02. The zero-order valence-corrected chi connectivity index (χ0v) is 11.9. The van der Waals surface area contributed by atoms with Crippen LogP contribution in [0.25, 0.3) is 0 Å². The molecule has 0 spiro atoms. The second-order valence-corrected chi connectivity index (χ2v) is 4.64. The van der Waals surface area contributed by atoms with Gasteiger partial charge in [0, 0.05) is 5.02 Å². The average Bonchev–Trinajstić information content (AvgIpc) is 2.46. The number of methoxy groups -OCH3 is 1. The molecule has 0 heterocycles. The van der Waals surface area contributed by atoms with E-state index in [9.17, 15) is 9.18 Å². The molecule has 0 radical (unpaired) electrons. The van der Waals surface area contributed by atoms with Crippen LogP contribution >= 0.6 is 11.6 Å². The van der Waals surface area contributed by atoms with E-state index in [1.165, 1.54) is 37.4 Å². The molecule has 0 saturated heterocycles. The third kappa shape index (κ3) is 3.64. The summed E-state index contributed by atoms with van der Waals surface area (Å²) in [6.07, 6.45) is 0. The van der Waals surface area contributed by atoms with Crippen molar-refractivity contribution in [3.63, 3.8) is 0 Å². The smallest absolute Gasteiger partial charge is 0.339 e. The third-order valence-electron chi connectivity index (χ3n) is 2.78. The molecule has 0 atom stereocenters. The fourth-order valence-electron chi connectivity index (χ4n) is 1.76. The molecule has 0 bridgehead atoms. The maximum Gasteiger partial charge on any atom is 0.339 e. The van der Waals surface area contributed by atoms with Crippen LogP contribution in [-0.4, -0.2) is 18.2 Å². The first kappa shape index (κ1) is 15.1. The van der Waals surface area contributed by atoms with Crippen LogP contribution in [0.15, 0.2) is 36.4 Å². The molecule has 0 fully saturated rings. The highest BCUT2D eigenvalue weighted by atomic mass is 35.5. The van der Waals surface area contributed by atoms with Crippen LogP contribution < -0.4 is 9.47 Å². The molecule has 0 aliphatic rings. The van der Waals surface area contributed by atoms with Crippen LogP contribution in [0.5, 0.6) is 11.5 Å². The van der Waals surface area contributed by atoms with Gasteiger partial charge in [-0.1, -0.05) is 17.7 Å². The number of aromatic carboxylic acids is 1. The average molecular weight is 311 g/mol. The molecule has 21 heavy (non-hydrogen) atoms. The number of hydrogen-bond donors (Lipinski definition) is 1. The fourth-order valence-corrected chi connectivity index (χ4v) is 1.93. The predicted octanol–water partition coefficient (Wildman–Crippen LogP) is 3.76. The lowest BCUT2D eigenvalue weighted by molar-refractivity contribution is 0.0691. The van der Waals surface area contributed by atoms with E-state index in [-0.39, 0.29) is 23.7 Å². The Kier molecular flexibility index (Phi) is 4.65. The largest absolute Gasteiger partial charge is 0.494 e. The van der Waals surface area contributed by atoms with Gasteiger partial charge in [0.2, 0.25) is 0 Å². The Morgan fingerprint density at radius 3 is 2.57 bits per heavy atom. The Morgan fingerprint density at radius 2 is 1.95 bits per heavy atom. The lowest BCUT2D eigenvalue weighted by atomic mass is 10.2. The van der Waals surface area contributed by atoms with E-state index in [1.807, 2.05) is 0 Å². The quantitative estimate of drug-likeness (QED) is 0.913. The van der Waals surface area contributed by atoms with Crippen molar-refractivity contribution in [2.24, 2.45) is 0 Å². The molecule has 2 rings (SSSR count). The SMILES string of the molecule is COc1ccc(COc2ccc(Cl)cc2C(=O)O)cc1F. The zero-order chi connectivity index (χ0) is 15.4. The van der Waals surface area contributed by atoms with Crippen molar-refractivity contribution in [3.8, 4) is 11.5 Å². The molecule has 4 nitrogen and oxygen atoms in total. The predicted molar refractivity (Wildman–Crippen MR) is 75.7 cm³/mol. The van der Waals surface area contributed by atoms with Crippen molar-refractivity contribution >= 4 is 17.6 Å². The van der Waals surface area contributed by atoms with Gasteiger partial charge in [-0.05, 0) is 35.9 Å². The molecule has 0 saturated carbocycles. The fraction of sp³-hybridized carbons (Fsp3) is 0.133. The van der Waals surface area contributed by atoms with Gasteiger partial charge in [0.1, 0.15) is 17.9 Å². The minimum Gasteiger partial charge on any atom is -0.494 e. The number of carboxylic acids is 1. The normalized spacial score (nSPS) is 10.2. The second-order valence-electron chi connectivity index (χ2n) is 4.20. The summed E-state index contributed by atoms with van der Waals surface area (Å²) in [5, 5.41) is 9.39. The Morgan fingerprint density at radius 1 is 1.24 bits per heavy atom. The minimum atomic E-state index is -1.14. The highest BCUT2D eigenvalue weighted by molar-refractivity contribution is 6.31. The van der Waals surface area contributed by atoms with Crippen molar-refractivity contribution in [1.82, 2.24) is 0 Å². The van der Waals surface area contributed by atoms with Crippen molar-refractivity contribution in [2.45, 2.75) is 6.61 Å². The summed E-state index contributed by atoms with van der Waals surface area (Å²) in [6.45, 7) is 0.0306. The van der Waals surface area contributed by atoms with Gasteiger partial charge in [-0.3, -0.25) is 0 Å². The van der Waals surface area contributed by atoms with Gasteiger partial charge < -0.3 is 14.6 Å². The summed E-state index contributed by atoms with van der Waals surface area (Å²) in [7, 11) is 1.38. The van der Waals surface area contributed by atoms with E-state index in [4.69, 9.17) is 26.2 Å². The molecule has 6 heteroatoms. The van der Waals surface area contributed by atoms with E-state index in [2.05, 4.69) is 0 Å². The molecule has 0 unspecified atom stereocenters. The molecule has 1 N–H and O–H groups in total. The number of rotatable bonds is 5. The lowest BCUT2D eigenvalue weighted by Crippen LogP contribution is -2.03. The number of carboxylic acid groups (broad SMARTS) is 1. The van der Waals surface area contributed by atoms with E-state index >= 15 is 0 Å². The van der Waals surface area contributed by atoms with Gasteiger partial charge in [-0.15, -0.1) is 0 Å². The Bertz CT molecular complexity index is 673. The van der Waals surface area contributed by atoms with Gasteiger partial charge in [-0.2, -0.15) is 0 Å². The van der Waals surface area contributed by atoms with Gasteiger partial charge in [0.25, 0.3) is 0 Å². The molecule has 2 aromatic rings. The highest BCUT2D eigenvalue weighted by Crippen LogP contribution is 2.24. The summed E-state index contributed by atoms with van der Waals surface area (Å²) in [5.41, 5.74) is 0.510. The number of halogens is 2. The summed E-state index contributed by atoms with van der Waals surface area (Å²) in [4.78, 5) is 11.1. The molecule has 0 amide bonds. The first-order valence-corrected chi connectivity index (χ1v) is 6.37. The van der Waals surface area contributed by atoms with E-state index in [0.29, 0.717) is 10.6 Å². The Labute approximate surface area is 125 Å². The molecule has 0 aromatic heterocycles. The summed E-state index contributed by atoms with van der Waals surface area (Å²) >= 11 is 5.75. The first-order chi connectivity index (χ1) is 10.0. The van der Waals surface area contributed by atoms with Crippen LogP contribution in [0, 0.1) is 5.82 Å². The maximum atomic E-state index is 13.5. The standard InChI is InChI=1S/C15H12ClFO4/c1-20-14-4-2-9(6-12(14)17)8-21-13-5-3-10(16)7-11(13)15(18)19/h2-7H,8H2,1H3,(H,18,19). The maximum absolute atomic E-state index is 13.5. The summed E-state index contributed by atoms with van der Waals surface area (Å²) < 4.78 is 23.8. The van der Waals surface area contributed by atoms with Gasteiger partial charge >= 0.3 is 5.97 Å². The van der Waals surface area contributed by atoms with Crippen LogP contribution in [0.2, 0.25) is 5.02 Å². The van der Waals surface area contributed by atoms with E-state index in [1.54, 1.807) is 6.07 Å². The first-order valence-electron chi connectivity index (χ1n) is 5.99. The van der Waals surface area contributed by atoms with Gasteiger partial charge in [-0.25, -0.2) is 9.18 Å². The highest BCUT2D eigenvalue weighted by Gasteiger charge is 2.12. The van der Waals surface area contributed by atoms with Crippen molar-refractivity contribution < 1.29 is 23.8 Å². The van der Waals surface area contributed by atoms with Gasteiger partial charge in [0.15, 0.2) is 11.6 Å². The second kappa shape index (κ2) is 6.45. The van der Waals surface area contributed by atoms with Crippen LogP contribution in [0.4, 0.5) is 4.39 Å². The van der Waals surface area contributed by atoms with Crippen molar-refractivity contribution in [1.29, 1.82) is 0 Å². The molecule has 2 aromatic carbocycles. The Hall–Kier alpha value is -2.27. The lowest BCUT2D eigenvalue weighted by Gasteiger charge is -2.10. The van der Waals surface area contributed by atoms with Crippen LogP contribution in [0.3, 0.4) is 0 Å². The molecule has 0 aliphatic carbocycles. The zero-order valence-electron chi connectivity index (χ0n) is 11.1. The molecule has 110 valence electrons. The van der Waals surface area contributed by atoms with Crippen LogP contribution in [-0.2, 0) is 6.61 Å². The topological polar surface area (TPSA) is 55.8 Å². The number of benzene rings is 2.